The van der Waals surface area contributed by atoms with Gasteiger partial charge in [-0.2, -0.15) is 0 Å². The van der Waals surface area contributed by atoms with Crippen LogP contribution in [0.4, 0.5) is 0 Å². The molecule has 2 nitrogen and oxygen atoms in total. The summed E-state index contributed by atoms with van der Waals surface area (Å²) in [7, 11) is 0. The Morgan fingerprint density at radius 2 is 2.12 bits per heavy atom. The van der Waals surface area contributed by atoms with Crippen molar-refractivity contribution in [3.8, 4) is 0 Å². The second kappa shape index (κ2) is 6.24. The summed E-state index contributed by atoms with van der Waals surface area (Å²) in [6.07, 6.45) is 1.27. The first-order valence-electron chi connectivity index (χ1n) is 5.82. The van der Waals surface area contributed by atoms with E-state index in [1.165, 1.54) is 5.56 Å². The maximum absolute atomic E-state index is 5.74. The second-order valence-electron chi connectivity index (χ2n) is 4.19. The molecule has 1 atom stereocenters. The highest BCUT2D eigenvalue weighted by Gasteiger charge is 2.19. The van der Waals surface area contributed by atoms with E-state index in [1.807, 2.05) is 0 Å². The number of nitrogens with zero attached hydrogens (tertiary/aromatic N) is 1. The topological polar surface area (TPSA) is 12.5 Å². The number of morpholine rings is 1. The molecule has 0 saturated carbocycles. The van der Waals surface area contributed by atoms with Crippen LogP contribution in [0.3, 0.4) is 0 Å². The van der Waals surface area contributed by atoms with Crippen molar-refractivity contribution in [2.45, 2.75) is 19.1 Å². The van der Waals surface area contributed by atoms with Crippen LogP contribution >= 0.6 is 11.6 Å². The first-order chi connectivity index (χ1) is 7.88. The molecule has 1 fully saturated rings. The highest BCUT2D eigenvalue weighted by Crippen LogP contribution is 2.12. The fourth-order valence-electron chi connectivity index (χ4n) is 2.06. The molecule has 1 heterocycles. The van der Waals surface area contributed by atoms with Gasteiger partial charge in [0.15, 0.2) is 0 Å². The van der Waals surface area contributed by atoms with Gasteiger partial charge < -0.3 is 4.74 Å². The molecular formula is C13H18ClNO. The zero-order valence-electron chi connectivity index (χ0n) is 9.44. The first-order valence-corrected chi connectivity index (χ1v) is 6.36. The summed E-state index contributed by atoms with van der Waals surface area (Å²) < 4.78 is 5.66. The Hall–Kier alpha value is -0.570. The fourth-order valence-corrected chi connectivity index (χ4v) is 2.31. The van der Waals surface area contributed by atoms with Crippen molar-refractivity contribution in [1.82, 2.24) is 4.90 Å². The molecule has 1 aromatic carbocycles. The lowest BCUT2D eigenvalue weighted by atomic mass is 10.1. The molecule has 1 aliphatic rings. The number of rotatable bonds is 4. The maximum Gasteiger partial charge on any atom is 0.0714 e. The van der Waals surface area contributed by atoms with Crippen LogP contribution in [-0.4, -0.2) is 36.6 Å². The maximum atomic E-state index is 5.74. The van der Waals surface area contributed by atoms with Gasteiger partial charge in [0.25, 0.3) is 0 Å². The molecular weight excluding hydrogens is 222 g/mol. The van der Waals surface area contributed by atoms with Crippen LogP contribution in [-0.2, 0) is 11.3 Å². The van der Waals surface area contributed by atoms with Gasteiger partial charge in [-0.1, -0.05) is 30.3 Å². The Morgan fingerprint density at radius 1 is 1.31 bits per heavy atom. The zero-order valence-corrected chi connectivity index (χ0v) is 10.2. The van der Waals surface area contributed by atoms with Crippen molar-refractivity contribution in [2.24, 2.45) is 0 Å². The minimum atomic E-state index is 0.315. The predicted octanol–water partition coefficient (Wildman–Crippen LogP) is 2.52. The van der Waals surface area contributed by atoms with E-state index in [9.17, 15) is 0 Å². The number of benzene rings is 1. The van der Waals surface area contributed by atoms with Crippen LogP contribution in [0.15, 0.2) is 30.3 Å². The lowest BCUT2D eigenvalue weighted by Crippen LogP contribution is -2.42. The lowest BCUT2D eigenvalue weighted by molar-refractivity contribution is -0.0320. The van der Waals surface area contributed by atoms with Crippen molar-refractivity contribution in [3.63, 3.8) is 0 Å². The molecule has 0 amide bonds. The highest BCUT2D eigenvalue weighted by atomic mass is 35.5. The molecule has 1 saturated heterocycles. The Balaban J connectivity index is 1.85. The van der Waals surface area contributed by atoms with Gasteiger partial charge in [0.1, 0.15) is 0 Å². The Labute approximate surface area is 102 Å². The molecule has 0 aliphatic carbocycles. The molecule has 0 N–H and O–H groups in total. The third kappa shape index (κ3) is 3.48. The van der Waals surface area contributed by atoms with Gasteiger partial charge in [0.05, 0.1) is 12.7 Å². The van der Waals surface area contributed by atoms with Gasteiger partial charge in [-0.25, -0.2) is 0 Å². The van der Waals surface area contributed by atoms with Gasteiger partial charge >= 0.3 is 0 Å². The van der Waals surface area contributed by atoms with Crippen LogP contribution in [0.1, 0.15) is 12.0 Å². The van der Waals surface area contributed by atoms with Crippen molar-refractivity contribution in [3.05, 3.63) is 35.9 Å². The van der Waals surface area contributed by atoms with Crippen molar-refractivity contribution in [1.29, 1.82) is 0 Å². The molecule has 0 unspecified atom stereocenters. The lowest BCUT2D eigenvalue weighted by Gasteiger charge is -2.32. The Bertz CT molecular complexity index is 302. The number of ether oxygens (including phenoxy) is 1. The molecule has 88 valence electrons. The average Bonchev–Trinajstić information content (AvgIpc) is 2.31. The van der Waals surface area contributed by atoms with Gasteiger partial charge in [-0.05, 0) is 12.0 Å². The summed E-state index contributed by atoms with van der Waals surface area (Å²) in [6, 6.07) is 10.6. The van der Waals surface area contributed by atoms with Crippen LogP contribution in [0.5, 0.6) is 0 Å². The van der Waals surface area contributed by atoms with Crippen molar-refractivity contribution < 1.29 is 4.74 Å². The van der Waals surface area contributed by atoms with Gasteiger partial charge in [0, 0.05) is 25.5 Å². The van der Waals surface area contributed by atoms with E-state index in [1.54, 1.807) is 0 Å². The summed E-state index contributed by atoms with van der Waals surface area (Å²) in [5.74, 6) is 0.684. The quantitative estimate of drug-likeness (QED) is 0.749. The van der Waals surface area contributed by atoms with Gasteiger partial charge in [0.2, 0.25) is 0 Å². The minimum Gasteiger partial charge on any atom is -0.376 e. The molecule has 2 rings (SSSR count). The second-order valence-corrected chi connectivity index (χ2v) is 4.57. The standard InChI is InChI=1S/C13H18ClNO/c14-7-6-13-11-15(8-9-16-13)10-12-4-2-1-3-5-12/h1-5,13H,6-11H2/t13-/m0/s1. The average molecular weight is 240 g/mol. The Morgan fingerprint density at radius 3 is 2.88 bits per heavy atom. The first kappa shape index (κ1) is 11.9. The van der Waals surface area contributed by atoms with E-state index < -0.39 is 0 Å². The molecule has 0 radical (unpaired) electrons. The molecule has 1 aliphatic heterocycles. The molecule has 0 spiro atoms. The van der Waals surface area contributed by atoms with E-state index in [0.29, 0.717) is 12.0 Å². The molecule has 1 aromatic rings. The molecule has 3 heteroatoms. The van der Waals surface area contributed by atoms with Crippen molar-refractivity contribution >= 4 is 11.6 Å². The van der Waals surface area contributed by atoms with Crippen LogP contribution in [0.2, 0.25) is 0 Å². The molecule has 0 aromatic heterocycles. The number of alkyl halides is 1. The third-order valence-corrected chi connectivity index (χ3v) is 3.12. The summed E-state index contributed by atoms with van der Waals surface area (Å²) in [6.45, 7) is 3.87. The van der Waals surface area contributed by atoms with Crippen LogP contribution in [0, 0.1) is 0 Å². The number of hydrogen-bond donors (Lipinski definition) is 0. The monoisotopic (exact) mass is 239 g/mol. The van der Waals surface area contributed by atoms with E-state index in [4.69, 9.17) is 16.3 Å². The smallest absolute Gasteiger partial charge is 0.0714 e. The minimum absolute atomic E-state index is 0.315. The number of hydrogen-bond acceptors (Lipinski definition) is 2. The summed E-state index contributed by atoms with van der Waals surface area (Å²) in [5, 5.41) is 0. The molecule has 0 bridgehead atoms. The predicted molar refractivity (Wildman–Crippen MR) is 66.8 cm³/mol. The van der Waals surface area contributed by atoms with Gasteiger partial charge in [-0.3, -0.25) is 4.90 Å². The zero-order chi connectivity index (χ0) is 11.2. The van der Waals surface area contributed by atoms with E-state index in [0.717, 1.165) is 32.7 Å². The Kier molecular flexibility index (Phi) is 4.64. The van der Waals surface area contributed by atoms with E-state index in [2.05, 4.69) is 35.2 Å². The highest BCUT2D eigenvalue weighted by molar-refractivity contribution is 6.17. The van der Waals surface area contributed by atoms with Crippen LogP contribution in [0.25, 0.3) is 0 Å². The number of halogens is 1. The van der Waals surface area contributed by atoms with E-state index in [-0.39, 0.29) is 0 Å². The normalized spacial score (nSPS) is 22.2. The SMILES string of the molecule is ClCC[C@H]1CN(Cc2ccccc2)CCO1. The van der Waals surface area contributed by atoms with E-state index >= 15 is 0 Å². The fraction of sp³-hybridized carbons (Fsp3) is 0.538. The summed E-state index contributed by atoms with van der Waals surface area (Å²) >= 11 is 5.74. The van der Waals surface area contributed by atoms with Crippen molar-refractivity contribution in [2.75, 3.05) is 25.6 Å². The summed E-state index contributed by atoms with van der Waals surface area (Å²) in [5.41, 5.74) is 1.37. The largest absolute Gasteiger partial charge is 0.376 e. The van der Waals surface area contributed by atoms with Crippen LogP contribution < -0.4 is 0 Å². The molecule has 16 heavy (non-hydrogen) atoms. The third-order valence-electron chi connectivity index (χ3n) is 2.90. The van der Waals surface area contributed by atoms with Gasteiger partial charge in [-0.15, -0.1) is 11.6 Å². The summed E-state index contributed by atoms with van der Waals surface area (Å²) in [4.78, 5) is 2.44.